The van der Waals surface area contributed by atoms with Crippen LogP contribution in [-0.4, -0.2) is 17.5 Å². The van der Waals surface area contributed by atoms with Crippen molar-refractivity contribution in [1.29, 1.82) is 0 Å². The first kappa shape index (κ1) is 16.7. The van der Waals surface area contributed by atoms with Crippen molar-refractivity contribution in [2.75, 3.05) is 5.32 Å². The first-order valence-electron chi connectivity index (χ1n) is 7.07. The third-order valence-electron chi connectivity index (χ3n) is 3.79. The van der Waals surface area contributed by atoms with Crippen LogP contribution < -0.4 is 5.32 Å². The van der Waals surface area contributed by atoms with Gasteiger partial charge in [0.1, 0.15) is 5.82 Å². The number of esters is 1. The van der Waals surface area contributed by atoms with Gasteiger partial charge >= 0.3 is 5.97 Å². The van der Waals surface area contributed by atoms with E-state index in [0.29, 0.717) is 16.3 Å². The number of halogens is 3. The number of carbonyl (C=O) groups excluding carboxylic acids is 2. The average molecular weight is 368 g/mol. The number of amides is 1. The Labute approximate surface area is 147 Å². The molecule has 24 heavy (non-hydrogen) atoms. The molecule has 1 N–H and O–H groups in total. The van der Waals surface area contributed by atoms with Crippen LogP contribution in [0.1, 0.15) is 22.8 Å². The van der Waals surface area contributed by atoms with E-state index in [4.69, 9.17) is 27.9 Å². The number of hydrogen-bond acceptors (Lipinski definition) is 3. The number of fused-ring (bicyclic) bond motifs is 1. The molecule has 124 valence electrons. The lowest BCUT2D eigenvalue weighted by molar-refractivity contribution is -0.134. The summed E-state index contributed by atoms with van der Waals surface area (Å²) in [4.78, 5) is 24.7. The SMILES string of the molecule is CC1(C(=O)Nc2ccc(Cl)cc2Cl)Cc2cc(F)ccc2C(=O)O1. The number of anilines is 1. The highest BCUT2D eigenvalue weighted by Crippen LogP contribution is 2.31. The van der Waals surface area contributed by atoms with Gasteiger partial charge in [-0.3, -0.25) is 4.79 Å². The van der Waals surface area contributed by atoms with Gasteiger partial charge < -0.3 is 10.1 Å². The summed E-state index contributed by atoms with van der Waals surface area (Å²) in [6, 6.07) is 8.36. The molecule has 1 aliphatic heterocycles. The second kappa shape index (κ2) is 6.07. The van der Waals surface area contributed by atoms with Gasteiger partial charge in [0.15, 0.2) is 5.60 Å². The second-order valence-corrected chi connectivity index (χ2v) is 6.52. The van der Waals surface area contributed by atoms with Gasteiger partial charge in [0.2, 0.25) is 0 Å². The fourth-order valence-electron chi connectivity index (χ4n) is 2.54. The number of nitrogens with one attached hydrogen (secondary N) is 1. The van der Waals surface area contributed by atoms with Crippen LogP contribution in [0.25, 0.3) is 0 Å². The Kier molecular flexibility index (Phi) is 4.24. The van der Waals surface area contributed by atoms with E-state index < -0.39 is 23.3 Å². The van der Waals surface area contributed by atoms with Crippen molar-refractivity contribution in [3.63, 3.8) is 0 Å². The quantitative estimate of drug-likeness (QED) is 0.807. The van der Waals surface area contributed by atoms with Crippen molar-refractivity contribution in [2.24, 2.45) is 0 Å². The molecule has 0 saturated carbocycles. The smallest absolute Gasteiger partial charge is 0.339 e. The molecule has 0 aliphatic carbocycles. The van der Waals surface area contributed by atoms with E-state index in [9.17, 15) is 14.0 Å². The molecule has 4 nitrogen and oxygen atoms in total. The van der Waals surface area contributed by atoms with Gasteiger partial charge in [0.05, 0.1) is 16.3 Å². The number of rotatable bonds is 2. The van der Waals surface area contributed by atoms with Crippen LogP contribution in [0.2, 0.25) is 10.0 Å². The number of benzene rings is 2. The zero-order valence-electron chi connectivity index (χ0n) is 12.5. The van der Waals surface area contributed by atoms with Gasteiger partial charge in [0, 0.05) is 11.4 Å². The molecule has 0 aromatic heterocycles. The average Bonchev–Trinajstić information content (AvgIpc) is 2.49. The minimum absolute atomic E-state index is 0.0584. The molecule has 2 aromatic rings. The molecule has 1 amide bonds. The Morgan fingerprint density at radius 2 is 2.00 bits per heavy atom. The van der Waals surface area contributed by atoms with Gasteiger partial charge in [-0.25, -0.2) is 9.18 Å². The van der Waals surface area contributed by atoms with Crippen molar-refractivity contribution in [3.05, 3.63) is 63.4 Å². The van der Waals surface area contributed by atoms with Crippen LogP contribution in [0.15, 0.2) is 36.4 Å². The lowest BCUT2D eigenvalue weighted by Crippen LogP contribution is -2.49. The summed E-state index contributed by atoms with van der Waals surface area (Å²) in [7, 11) is 0. The molecule has 0 radical (unpaired) electrons. The number of hydrogen-bond donors (Lipinski definition) is 1. The van der Waals surface area contributed by atoms with E-state index in [0.717, 1.165) is 0 Å². The first-order valence-corrected chi connectivity index (χ1v) is 7.82. The van der Waals surface area contributed by atoms with Gasteiger partial charge in [0.25, 0.3) is 5.91 Å². The minimum Gasteiger partial charge on any atom is -0.445 e. The normalized spacial score (nSPS) is 19.4. The topological polar surface area (TPSA) is 55.4 Å². The molecule has 1 unspecified atom stereocenters. The highest BCUT2D eigenvalue weighted by atomic mass is 35.5. The third-order valence-corrected chi connectivity index (χ3v) is 4.34. The second-order valence-electron chi connectivity index (χ2n) is 5.68. The molecule has 0 saturated heterocycles. The van der Waals surface area contributed by atoms with Crippen molar-refractivity contribution in [2.45, 2.75) is 18.9 Å². The van der Waals surface area contributed by atoms with Gasteiger partial charge in [-0.15, -0.1) is 0 Å². The van der Waals surface area contributed by atoms with E-state index in [1.54, 1.807) is 12.1 Å². The van der Waals surface area contributed by atoms with E-state index in [1.807, 2.05) is 0 Å². The predicted octanol–water partition coefficient (Wildman–Crippen LogP) is 4.24. The molecule has 7 heteroatoms. The maximum Gasteiger partial charge on any atom is 0.339 e. The highest BCUT2D eigenvalue weighted by Gasteiger charge is 2.43. The number of cyclic esters (lactones) is 1. The third kappa shape index (κ3) is 3.09. The predicted molar refractivity (Wildman–Crippen MR) is 89.0 cm³/mol. The summed E-state index contributed by atoms with van der Waals surface area (Å²) < 4.78 is 18.7. The number of ether oxygens (including phenoxy) is 1. The molecular formula is C17H12Cl2FNO3. The Hall–Kier alpha value is -2.11. The molecular weight excluding hydrogens is 356 g/mol. The fraction of sp³-hybridized carbons (Fsp3) is 0.176. The Morgan fingerprint density at radius 1 is 1.25 bits per heavy atom. The summed E-state index contributed by atoms with van der Waals surface area (Å²) in [5.41, 5.74) is -0.452. The minimum atomic E-state index is -1.47. The zero-order chi connectivity index (χ0) is 17.5. The zero-order valence-corrected chi connectivity index (χ0v) is 14.0. The Balaban J connectivity index is 1.88. The molecule has 0 spiro atoms. The summed E-state index contributed by atoms with van der Waals surface area (Å²) in [6.45, 7) is 1.47. The van der Waals surface area contributed by atoms with Crippen LogP contribution >= 0.6 is 23.2 Å². The highest BCUT2D eigenvalue weighted by molar-refractivity contribution is 6.36. The van der Waals surface area contributed by atoms with Crippen molar-refractivity contribution >= 4 is 40.8 Å². The van der Waals surface area contributed by atoms with Crippen LogP contribution in [0, 0.1) is 5.82 Å². The van der Waals surface area contributed by atoms with Gasteiger partial charge in [-0.1, -0.05) is 23.2 Å². The summed E-state index contributed by atoms with van der Waals surface area (Å²) in [5.74, 6) is -1.71. The molecule has 0 bridgehead atoms. The maximum absolute atomic E-state index is 13.4. The largest absolute Gasteiger partial charge is 0.445 e. The lowest BCUT2D eigenvalue weighted by Gasteiger charge is -2.33. The van der Waals surface area contributed by atoms with Crippen LogP contribution in [0.5, 0.6) is 0 Å². The molecule has 1 atom stereocenters. The van der Waals surface area contributed by atoms with Gasteiger partial charge in [-0.05, 0) is 48.9 Å². The standard InChI is InChI=1S/C17H12Cl2FNO3/c1-17(16(23)21-14-5-2-10(18)7-13(14)19)8-9-6-11(20)3-4-12(9)15(22)24-17/h2-7H,8H2,1H3,(H,21,23). The number of carbonyl (C=O) groups is 2. The molecule has 0 fully saturated rings. The van der Waals surface area contributed by atoms with E-state index in [1.165, 1.54) is 31.2 Å². The van der Waals surface area contributed by atoms with Crippen molar-refractivity contribution < 1.29 is 18.7 Å². The first-order chi connectivity index (χ1) is 11.3. The summed E-state index contributed by atoms with van der Waals surface area (Å²) in [5, 5.41) is 3.30. The van der Waals surface area contributed by atoms with Crippen LogP contribution in [-0.2, 0) is 16.0 Å². The Bertz CT molecular complexity index is 856. The van der Waals surface area contributed by atoms with Crippen LogP contribution in [0.3, 0.4) is 0 Å². The summed E-state index contributed by atoms with van der Waals surface area (Å²) >= 11 is 11.8. The van der Waals surface area contributed by atoms with Crippen molar-refractivity contribution in [3.8, 4) is 0 Å². The maximum atomic E-state index is 13.4. The molecule has 1 heterocycles. The molecule has 2 aromatic carbocycles. The molecule has 3 rings (SSSR count). The Morgan fingerprint density at radius 3 is 2.71 bits per heavy atom. The van der Waals surface area contributed by atoms with E-state index >= 15 is 0 Å². The monoisotopic (exact) mass is 367 g/mol. The fourth-order valence-corrected chi connectivity index (χ4v) is 2.99. The lowest BCUT2D eigenvalue weighted by atomic mass is 9.89. The van der Waals surface area contributed by atoms with Crippen molar-refractivity contribution in [1.82, 2.24) is 0 Å². The van der Waals surface area contributed by atoms with E-state index in [-0.39, 0.29) is 17.0 Å². The van der Waals surface area contributed by atoms with E-state index in [2.05, 4.69) is 5.32 Å². The van der Waals surface area contributed by atoms with Gasteiger partial charge in [-0.2, -0.15) is 0 Å². The summed E-state index contributed by atoms with van der Waals surface area (Å²) in [6.07, 6.45) is 0.0584. The molecule has 1 aliphatic rings. The van der Waals surface area contributed by atoms with Crippen LogP contribution in [0.4, 0.5) is 10.1 Å².